The molecule has 0 fully saturated rings. The lowest BCUT2D eigenvalue weighted by atomic mass is 10.4. The highest BCUT2D eigenvalue weighted by molar-refractivity contribution is 14.1. The minimum atomic E-state index is 0.512. The van der Waals surface area contributed by atoms with E-state index in [4.69, 9.17) is 23.2 Å². The molecule has 0 aliphatic carbocycles. The molecule has 2 rings (SSSR count). The zero-order chi connectivity index (χ0) is 13.1. The highest BCUT2D eigenvalue weighted by atomic mass is 127. The van der Waals surface area contributed by atoms with Gasteiger partial charge in [0, 0.05) is 4.90 Å². The van der Waals surface area contributed by atoms with Gasteiger partial charge in [0.1, 0.15) is 11.0 Å². The minimum absolute atomic E-state index is 0.512. The van der Waals surface area contributed by atoms with Gasteiger partial charge in [-0.25, -0.2) is 9.97 Å². The molecule has 2 nitrogen and oxygen atoms in total. The Bertz CT molecular complexity index is 555. The van der Waals surface area contributed by atoms with Crippen LogP contribution < -0.4 is 0 Å². The summed E-state index contributed by atoms with van der Waals surface area (Å²) < 4.78 is 0.903. The average Bonchev–Trinajstić information content (AvgIpc) is 2.35. The number of hydrogen-bond donors (Lipinski definition) is 0. The van der Waals surface area contributed by atoms with E-state index in [2.05, 4.69) is 32.6 Å². The first-order valence-corrected chi connectivity index (χ1v) is 7.96. The van der Waals surface area contributed by atoms with Gasteiger partial charge in [-0.3, -0.25) is 0 Å². The van der Waals surface area contributed by atoms with E-state index in [1.165, 1.54) is 0 Å². The van der Waals surface area contributed by atoms with E-state index in [1.807, 2.05) is 31.2 Å². The van der Waals surface area contributed by atoms with Gasteiger partial charge < -0.3 is 0 Å². The summed E-state index contributed by atoms with van der Waals surface area (Å²) in [6.45, 7) is 1.93. The van der Waals surface area contributed by atoms with Gasteiger partial charge in [-0.1, -0.05) is 35.3 Å². The van der Waals surface area contributed by atoms with Crippen molar-refractivity contribution < 1.29 is 0 Å². The second-order valence-electron chi connectivity index (χ2n) is 3.55. The predicted molar refractivity (Wildman–Crippen MR) is 85.5 cm³/mol. The van der Waals surface area contributed by atoms with Crippen molar-refractivity contribution in [1.29, 1.82) is 0 Å². The first-order valence-electron chi connectivity index (χ1n) is 5.14. The summed E-state index contributed by atoms with van der Waals surface area (Å²) in [7, 11) is 0. The summed E-state index contributed by atoms with van der Waals surface area (Å²) in [5.41, 5.74) is 0.908. The first-order chi connectivity index (χ1) is 8.58. The normalized spacial score (nSPS) is 10.7. The molecule has 0 saturated carbocycles. The van der Waals surface area contributed by atoms with Crippen molar-refractivity contribution in [3.8, 4) is 0 Å². The molecule has 0 amide bonds. The summed E-state index contributed by atoms with van der Waals surface area (Å²) in [6.07, 6.45) is 0. The molecule has 0 spiro atoms. The first kappa shape index (κ1) is 14.4. The number of aromatic nitrogens is 2. The molecule has 0 N–H and O–H groups in total. The fourth-order valence-electron chi connectivity index (χ4n) is 1.35. The van der Waals surface area contributed by atoms with Crippen molar-refractivity contribution in [2.75, 3.05) is 0 Å². The quantitative estimate of drug-likeness (QED) is 0.405. The Kier molecular flexibility index (Phi) is 5.12. The smallest absolute Gasteiger partial charge is 0.146 e. The van der Waals surface area contributed by atoms with Crippen LogP contribution in [-0.2, 0) is 5.75 Å². The Morgan fingerprint density at radius 2 is 1.94 bits per heavy atom. The van der Waals surface area contributed by atoms with Crippen molar-refractivity contribution in [2.45, 2.75) is 17.6 Å². The van der Waals surface area contributed by atoms with Crippen LogP contribution in [0.25, 0.3) is 0 Å². The number of halogens is 3. The molecule has 1 heterocycles. The van der Waals surface area contributed by atoms with E-state index in [-0.39, 0.29) is 0 Å². The Morgan fingerprint density at radius 1 is 1.22 bits per heavy atom. The number of rotatable bonds is 3. The number of thioether (sulfide) groups is 1. The molecule has 1 aromatic heterocycles. The molecule has 0 bridgehead atoms. The highest BCUT2D eigenvalue weighted by Gasteiger charge is 2.08. The maximum atomic E-state index is 6.09. The molecular formula is C12H9Cl2IN2S. The third-order valence-corrected chi connectivity index (χ3v) is 5.61. The van der Waals surface area contributed by atoms with E-state index >= 15 is 0 Å². The fraction of sp³-hybridized carbons (Fsp3) is 0.167. The van der Waals surface area contributed by atoms with Crippen LogP contribution in [0.15, 0.2) is 29.2 Å². The van der Waals surface area contributed by atoms with Crippen LogP contribution in [0.2, 0.25) is 10.2 Å². The molecule has 6 heteroatoms. The van der Waals surface area contributed by atoms with Crippen molar-refractivity contribution >= 4 is 57.6 Å². The predicted octanol–water partition coefficient (Wildman–Crippen LogP) is 4.99. The second-order valence-corrected chi connectivity index (χ2v) is 6.41. The molecule has 94 valence electrons. The Labute approximate surface area is 134 Å². The summed E-state index contributed by atoms with van der Waals surface area (Å²) in [5.74, 6) is 1.38. The number of nitrogens with zero attached hydrogens (tertiary/aromatic N) is 2. The molecule has 2 aromatic rings. The number of aryl methyl sites for hydroxylation is 1. The standard InChI is InChI=1S/C12H9Cl2IN2S/c1-7-11(15)12(14)17-10(16-7)6-18-9-5-3-2-4-8(9)13/h2-5H,6H2,1H3. The monoisotopic (exact) mass is 410 g/mol. The van der Waals surface area contributed by atoms with Crippen LogP contribution in [0.3, 0.4) is 0 Å². The Balaban J connectivity index is 2.14. The lowest BCUT2D eigenvalue weighted by Crippen LogP contribution is -1.99. The summed E-state index contributed by atoms with van der Waals surface area (Å²) in [4.78, 5) is 9.70. The van der Waals surface area contributed by atoms with Gasteiger partial charge in [0.25, 0.3) is 0 Å². The van der Waals surface area contributed by atoms with Crippen molar-refractivity contribution in [2.24, 2.45) is 0 Å². The zero-order valence-electron chi connectivity index (χ0n) is 9.45. The fourth-order valence-corrected chi connectivity index (χ4v) is 2.92. The lowest BCUT2D eigenvalue weighted by Gasteiger charge is -2.06. The molecule has 0 aliphatic rings. The molecule has 18 heavy (non-hydrogen) atoms. The van der Waals surface area contributed by atoms with Gasteiger partial charge in [-0.05, 0) is 41.6 Å². The highest BCUT2D eigenvalue weighted by Crippen LogP contribution is 2.29. The van der Waals surface area contributed by atoms with Crippen molar-refractivity contribution in [3.05, 3.63) is 49.5 Å². The summed E-state index contributed by atoms with van der Waals surface area (Å²) in [5, 5.41) is 1.26. The van der Waals surface area contributed by atoms with E-state index in [9.17, 15) is 0 Å². The molecule has 1 aromatic carbocycles. The van der Waals surface area contributed by atoms with Crippen LogP contribution >= 0.6 is 57.6 Å². The van der Waals surface area contributed by atoms with E-state index in [0.29, 0.717) is 10.9 Å². The van der Waals surface area contributed by atoms with Crippen LogP contribution in [0.5, 0.6) is 0 Å². The van der Waals surface area contributed by atoms with E-state index < -0.39 is 0 Å². The number of benzene rings is 1. The molecule has 0 atom stereocenters. The van der Waals surface area contributed by atoms with Crippen molar-refractivity contribution in [1.82, 2.24) is 9.97 Å². The van der Waals surface area contributed by atoms with E-state index in [0.717, 1.165) is 25.0 Å². The lowest BCUT2D eigenvalue weighted by molar-refractivity contribution is 0.983. The zero-order valence-corrected chi connectivity index (χ0v) is 13.9. The third kappa shape index (κ3) is 3.50. The number of hydrogen-bond acceptors (Lipinski definition) is 3. The average molecular weight is 411 g/mol. The maximum Gasteiger partial charge on any atom is 0.146 e. The van der Waals surface area contributed by atoms with Crippen LogP contribution in [0, 0.1) is 10.5 Å². The largest absolute Gasteiger partial charge is 0.236 e. The van der Waals surface area contributed by atoms with Gasteiger partial charge in [0.15, 0.2) is 0 Å². The van der Waals surface area contributed by atoms with Gasteiger partial charge in [0.2, 0.25) is 0 Å². The summed E-state index contributed by atoms with van der Waals surface area (Å²) >= 11 is 15.9. The van der Waals surface area contributed by atoms with E-state index in [1.54, 1.807) is 11.8 Å². The SMILES string of the molecule is Cc1nc(CSc2ccccc2Cl)nc(Cl)c1I. The molecular weight excluding hydrogens is 402 g/mol. The summed E-state index contributed by atoms with van der Waals surface area (Å²) in [6, 6.07) is 7.72. The van der Waals surface area contributed by atoms with Crippen LogP contribution in [-0.4, -0.2) is 9.97 Å². The maximum absolute atomic E-state index is 6.09. The second kappa shape index (κ2) is 6.41. The Morgan fingerprint density at radius 3 is 2.61 bits per heavy atom. The van der Waals surface area contributed by atoms with Gasteiger partial charge in [-0.2, -0.15) is 0 Å². The van der Waals surface area contributed by atoms with Crippen LogP contribution in [0.1, 0.15) is 11.5 Å². The topological polar surface area (TPSA) is 25.8 Å². The molecule has 0 saturated heterocycles. The third-order valence-electron chi connectivity index (χ3n) is 2.22. The van der Waals surface area contributed by atoms with Crippen LogP contribution in [0.4, 0.5) is 0 Å². The van der Waals surface area contributed by atoms with Gasteiger partial charge in [0.05, 0.1) is 20.0 Å². The minimum Gasteiger partial charge on any atom is -0.236 e. The van der Waals surface area contributed by atoms with Gasteiger partial charge in [-0.15, -0.1) is 11.8 Å². The molecule has 0 radical (unpaired) electrons. The van der Waals surface area contributed by atoms with Crippen molar-refractivity contribution in [3.63, 3.8) is 0 Å². The van der Waals surface area contributed by atoms with Gasteiger partial charge >= 0.3 is 0 Å². The molecule has 0 aliphatic heterocycles. The Hall–Kier alpha value is -0.0400. The molecule has 0 unspecified atom stereocenters.